The minimum atomic E-state index is -0.323. The van der Waals surface area contributed by atoms with E-state index in [1.165, 1.54) is 6.07 Å². The molecule has 16 heavy (non-hydrogen) atoms. The zero-order valence-corrected chi connectivity index (χ0v) is 8.77. The number of rotatable bonds is 2. The molecule has 0 aliphatic carbocycles. The van der Waals surface area contributed by atoms with Gasteiger partial charge in [-0.05, 0) is 12.1 Å². The first-order chi connectivity index (χ1) is 7.75. The summed E-state index contributed by atoms with van der Waals surface area (Å²) in [5.74, 6) is -0.0176. The van der Waals surface area contributed by atoms with E-state index in [0.717, 1.165) is 0 Å². The van der Waals surface area contributed by atoms with Crippen molar-refractivity contribution in [3.8, 4) is 5.75 Å². The molecule has 86 valence electrons. The molecule has 1 atom stereocenters. The normalized spacial score (nSPS) is 20.4. The molecule has 0 bridgehead atoms. The summed E-state index contributed by atoms with van der Waals surface area (Å²) in [7, 11) is 0. The lowest BCUT2D eigenvalue weighted by Crippen LogP contribution is -2.48. The van der Waals surface area contributed by atoms with Crippen LogP contribution >= 0.6 is 0 Å². The molecule has 1 unspecified atom stereocenters. The molecule has 2 rings (SSSR count). The van der Waals surface area contributed by atoms with Gasteiger partial charge in [-0.1, -0.05) is 6.07 Å². The Bertz CT molecular complexity index is 375. The molecule has 5 heteroatoms. The average Bonchev–Trinajstić information content (AvgIpc) is 2.30. The Morgan fingerprint density at radius 1 is 1.56 bits per heavy atom. The maximum absolute atomic E-state index is 11.7. The fraction of sp³-hybridized carbons (Fsp3) is 0.364. The van der Waals surface area contributed by atoms with E-state index in [0.29, 0.717) is 25.4 Å². The van der Waals surface area contributed by atoms with Gasteiger partial charge in [-0.2, -0.15) is 0 Å². The smallest absolute Gasteiger partial charge is 0.243 e. The SMILES string of the molecule is O=C(Nc1cccc(O)c1)C1COCCN1. The highest BCUT2D eigenvalue weighted by molar-refractivity contribution is 5.95. The molecule has 0 saturated carbocycles. The van der Waals surface area contributed by atoms with Crippen molar-refractivity contribution in [2.45, 2.75) is 6.04 Å². The first kappa shape index (κ1) is 10.9. The van der Waals surface area contributed by atoms with Crippen molar-refractivity contribution in [2.75, 3.05) is 25.1 Å². The van der Waals surface area contributed by atoms with Gasteiger partial charge in [-0.25, -0.2) is 0 Å². The third-order valence-electron chi connectivity index (χ3n) is 2.35. The summed E-state index contributed by atoms with van der Waals surface area (Å²) in [5, 5.41) is 15.0. The van der Waals surface area contributed by atoms with Crippen LogP contribution in [0.25, 0.3) is 0 Å². The second kappa shape index (κ2) is 4.96. The van der Waals surface area contributed by atoms with Gasteiger partial charge >= 0.3 is 0 Å². The van der Waals surface area contributed by atoms with Gasteiger partial charge in [0.05, 0.1) is 13.2 Å². The second-order valence-corrected chi connectivity index (χ2v) is 3.62. The third-order valence-corrected chi connectivity index (χ3v) is 2.35. The Balaban J connectivity index is 1.96. The Labute approximate surface area is 93.4 Å². The molecule has 5 nitrogen and oxygen atoms in total. The molecule has 1 aliphatic heterocycles. The van der Waals surface area contributed by atoms with Crippen LogP contribution in [-0.4, -0.2) is 36.8 Å². The van der Waals surface area contributed by atoms with Crippen molar-refractivity contribution in [2.24, 2.45) is 0 Å². The summed E-state index contributed by atoms with van der Waals surface area (Å²) < 4.78 is 5.19. The maximum Gasteiger partial charge on any atom is 0.243 e. The minimum Gasteiger partial charge on any atom is -0.508 e. The molecule has 1 aliphatic rings. The number of hydrogen-bond donors (Lipinski definition) is 3. The molecule has 0 aromatic heterocycles. The van der Waals surface area contributed by atoms with Crippen LogP contribution in [0.1, 0.15) is 0 Å². The predicted octanol–water partition coefficient (Wildman–Crippen LogP) is 0.319. The van der Waals surface area contributed by atoms with E-state index in [1.807, 2.05) is 0 Å². The first-order valence-corrected chi connectivity index (χ1v) is 5.17. The number of hydrogen-bond acceptors (Lipinski definition) is 4. The number of phenolic OH excluding ortho intramolecular Hbond substituents is 1. The number of morpholine rings is 1. The van der Waals surface area contributed by atoms with Crippen molar-refractivity contribution < 1.29 is 14.6 Å². The average molecular weight is 222 g/mol. The summed E-state index contributed by atoms with van der Waals surface area (Å²) in [6.45, 7) is 1.69. The molecule has 1 aromatic rings. The molecule has 0 spiro atoms. The number of ether oxygens (including phenoxy) is 1. The standard InChI is InChI=1S/C11H14N2O3/c14-9-3-1-2-8(6-9)13-11(15)10-7-16-5-4-12-10/h1-3,6,10,12,14H,4-5,7H2,(H,13,15). The Morgan fingerprint density at radius 3 is 3.12 bits per heavy atom. The Morgan fingerprint density at radius 2 is 2.44 bits per heavy atom. The largest absolute Gasteiger partial charge is 0.508 e. The number of carbonyl (C=O) groups excluding carboxylic acids is 1. The van der Waals surface area contributed by atoms with Crippen LogP contribution < -0.4 is 10.6 Å². The van der Waals surface area contributed by atoms with E-state index in [4.69, 9.17) is 4.74 Å². The zero-order valence-electron chi connectivity index (χ0n) is 8.77. The first-order valence-electron chi connectivity index (χ1n) is 5.17. The number of phenols is 1. The van der Waals surface area contributed by atoms with Crippen LogP contribution in [0.5, 0.6) is 5.75 Å². The molecule has 1 fully saturated rings. The van der Waals surface area contributed by atoms with E-state index in [9.17, 15) is 9.90 Å². The van der Waals surface area contributed by atoms with Gasteiger partial charge in [-0.15, -0.1) is 0 Å². The Kier molecular flexibility index (Phi) is 3.38. The number of amides is 1. The van der Waals surface area contributed by atoms with Crippen molar-refractivity contribution in [1.29, 1.82) is 0 Å². The predicted molar refractivity (Wildman–Crippen MR) is 59.3 cm³/mol. The van der Waals surface area contributed by atoms with Crippen LogP contribution in [0.4, 0.5) is 5.69 Å². The van der Waals surface area contributed by atoms with E-state index >= 15 is 0 Å². The van der Waals surface area contributed by atoms with Crippen LogP contribution in [0.3, 0.4) is 0 Å². The Hall–Kier alpha value is -1.59. The van der Waals surface area contributed by atoms with E-state index in [-0.39, 0.29) is 17.7 Å². The monoisotopic (exact) mass is 222 g/mol. The molecular weight excluding hydrogens is 208 g/mol. The highest BCUT2D eigenvalue weighted by Crippen LogP contribution is 2.15. The molecule has 0 radical (unpaired) electrons. The van der Waals surface area contributed by atoms with Crippen molar-refractivity contribution in [3.63, 3.8) is 0 Å². The van der Waals surface area contributed by atoms with E-state index in [2.05, 4.69) is 10.6 Å². The van der Waals surface area contributed by atoms with E-state index < -0.39 is 0 Å². The lowest BCUT2D eigenvalue weighted by Gasteiger charge is -2.22. The van der Waals surface area contributed by atoms with Gasteiger partial charge in [0, 0.05) is 18.3 Å². The summed E-state index contributed by atoms with van der Waals surface area (Å²) in [6, 6.07) is 6.13. The lowest BCUT2D eigenvalue weighted by molar-refractivity contribution is -0.120. The van der Waals surface area contributed by atoms with Crippen molar-refractivity contribution in [3.05, 3.63) is 24.3 Å². The molecule has 1 saturated heterocycles. The number of anilines is 1. The number of benzene rings is 1. The summed E-state index contributed by atoms with van der Waals surface area (Å²) >= 11 is 0. The van der Waals surface area contributed by atoms with Crippen LogP contribution in [0, 0.1) is 0 Å². The van der Waals surface area contributed by atoms with Gasteiger partial charge < -0.3 is 20.5 Å². The van der Waals surface area contributed by atoms with Gasteiger partial charge in [0.25, 0.3) is 0 Å². The third kappa shape index (κ3) is 2.71. The van der Waals surface area contributed by atoms with Crippen LogP contribution in [-0.2, 0) is 9.53 Å². The van der Waals surface area contributed by atoms with Gasteiger partial charge in [-0.3, -0.25) is 4.79 Å². The number of carbonyl (C=O) groups is 1. The van der Waals surface area contributed by atoms with Crippen LogP contribution in [0.15, 0.2) is 24.3 Å². The van der Waals surface area contributed by atoms with Gasteiger partial charge in [0.2, 0.25) is 5.91 Å². The molecule has 1 aromatic carbocycles. The molecular formula is C11H14N2O3. The summed E-state index contributed by atoms with van der Waals surface area (Å²) in [4.78, 5) is 11.7. The minimum absolute atomic E-state index is 0.130. The maximum atomic E-state index is 11.7. The topological polar surface area (TPSA) is 70.6 Å². The fourth-order valence-corrected chi connectivity index (χ4v) is 1.55. The molecule has 1 amide bonds. The summed E-state index contributed by atoms with van der Waals surface area (Å²) in [6.07, 6.45) is 0. The lowest BCUT2D eigenvalue weighted by atomic mass is 10.2. The molecule has 3 N–H and O–H groups in total. The zero-order chi connectivity index (χ0) is 11.4. The van der Waals surface area contributed by atoms with Crippen molar-refractivity contribution in [1.82, 2.24) is 5.32 Å². The van der Waals surface area contributed by atoms with Crippen LogP contribution in [0.2, 0.25) is 0 Å². The summed E-state index contributed by atoms with van der Waals surface area (Å²) in [5.41, 5.74) is 0.581. The highest BCUT2D eigenvalue weighted by Gasteiger charge is 2.20. The van der Waals surface area contributed by atoms with Gasteiger partial charge in [0.1, 0.15) is 11.8 Å². The highest BCUT2D eigenvalue weighted by atomic mass is 16.5. The second-order valence-electron chi connectivity index (χ2n) is 3.62. The fourth-order valence-electron chi connectivity index (χ4n) is 1.55. The van der Waals surface area contributed by atoms with E-state index in [1.54, 1.807) is 18.2 Å². The number of aromatic hydroxyl groups is 1. The molecule has 1 heterocycles. The number of nitrogens with one attached hydrogen (secondary N) is 2. The quantitative estimate of drug-likeness (QED) is 0.674. The van der Waals surface area contributed by atoms with Crippen molar-refractivity contribution >= 4 is 11.6 Å². The van der Waals surface area contributed by atoms with Gasteiger partial charge in [0.15, 0.2) is 0 Å².